The molecule has 33 heavy (non-hydrogen) atoms. The molecule has 3 heterocycles. The zero-order valence-corrected chi connectivity index (χ0v) is 20.8. The van der Waals surface area contributed by atoms with Gasteiger partial charge in [-0.15, -0.1) is 0 Å². The molecule has 1 saturated carbocycles. The number of amides is 2. The van der Waals surface area contributed by atoms with Gasteiger partial charge in [0.05, 0.1) is 17.5 Å². The minimum Gasteiger partial charge on any atom is -0.444 e. The third-order valence-electron chi connectivity index (χ3n) is 7.47. The Balaban J connectivity index is 1.30. The molecule has 0 aromatic carbocycles. The van der Waals surface area contributed by atoms with Gasteiger partial charge in [0.2, 0.25) is 0 Å². The molecule has 8 heteroatoms. The fraction of sp³-hybridized carbons (Fsp3) is 0.800. The van der Waals surface area contributed by atoms with Crippen LogP contribution in [0.1, 0.15) is 87.7 Å². The molecule has 1 unspecified atom stereocenters. The van der Waals surface area contributed by atoms with Gasteiger partial charge in [-0.3, -0.25) is 9.48 Å². The van der Waals surface area contributed by atoms with Crippen molar-refractivity contribution in [3.05, 3.63) is 17.5 Å². The molecule has 184 valence electrons. The van der Waals surface area contributed by atoms with Crippen molar-refractivity contribution < 1.29 is 14.3 Å². The molecule has 4 rings (SSSR count). The molecule has 1 atom stereocenters. The molecule has 0 spiro atoms. The number of aromatic nitrogens is 2. The summed E-state index contributed by atoms with van der Waals surface area (Å²) in [5.41, 5.74) is 1.17. The normalized spacial score (nSPS) is 23.3. The molecule has 3 aliphatic rings. The first kappa shape index (κ1) is 24.0. The van der Waals surface area contributed by atoms with Crippen molar-refractivity contribution in [2.75, 3.05) is 32.7 Å². The maximum atomic E-state index is 13.1. The third kappa shape index (κ3) is 5.89. The molecule has 2 saturated heterocycles. The van der Waals surface area contributed by atoms with Crippen LogP contribution in [-0.4, -0.2) is 75.9 Å². The van der Waals surface area contributed by atoms with Crippen LogP contribution in [-0.2, 0) is 11.8 Å². The first-order valence-corrected chi connectivity index (χ1v) is 12.7. The molecule has 2 aliphatic heterocycles. The van der Waals surface area contributed by atoms with E-state index >= 15 is 0 Å². The Morgan fingerprint density at radius 1 is 1.09 bits per heavy atom. The van der Waals surface area contributed by atoms with Crippen LogP contribution in [0, 0.1) is 5.92 Å². The lowest BCUT2D eigenvalue weighted by Crippen LogP contribution is -2.41. The largest absolute Gasteiger partial charge is 0.444 e. The second-order valence-electron chi connectivity index (χ2n) is 11.1. The first-order valence-electron chi connectivity index (χ1n) is 12.7. The number of carbonyl (C=O) groups is 2. The SMILES string of the molecule is Cn1ncc(C(=O)NCC2CCN(C3CCCC3)C2)c1C1CCN(C(=O)OC(C)(C)C)CC1. The van der Waals surface area contributed by atoms with E-state index in [1.807, 2.05) is 32.5 Å². The van der Waals surface area contributed by atoms with Crippen molar-refractivity contribution in [3.63, 3.8) is 0 Å². The fourth-order valence-electron chi connectivity index (χ4n) is 5.73. The highest BCUT2D eigenvalue weighted by Gasteiger charge is 2.33. The number of nitrogens with one attached hydrogen (secondary N) is 1. The van der Waals surface area contributed by atoms with E-state index in [1.54, 1.807) is 11.1 Å². The Morgan fingerprint density at radius 3 is 2.45 bits per heavy atom. The third-order valence-corrected chi connectivity index (χ3v) is 7.47. The number of hydrogen-bond acceptors (Lipinski definition) is 5. The van der Waals surface area contributed by atoms with Crippen molar-refractivity contribution >= 4 is 12.0 Å². The summed E-state index contributed by atoms with van der Waals surface area (Å²) in [7, 11) is 1.91. The summed E-state index contributed by atoms with van der Waals surface area (Å²) in [4.78, 5) is 29.9. The van der Waals surface area contributed by atoms with E-state index in [-0.39, 0.29) is 17.9 Å². The number of nitrogens with zero attached hydrogens (tertiary/aromatic N) is 4. The number of carbonyl (C=O) groups excluding carboxylic acids is 2. The average Bonchev–Trinajstić information content (AvgIpc) is 3.51. The van der Waals surface area contributed by atoms with Gasteiger partial charge in [0.25, 0.3) is 5.91 Å². The van der Waals surface area contributed by atoms with Crippen LogP contribution < -0.4 is 5.32 Å². The molecular weight excluding hydrogens is 418 g/mol. The second-order valence-corrected chi connectivity index (χ2v) is 11.1. The summed E-state index contributed by atoms with van der Waals surface area (Å²) in [5, 5.41) is 7.60. The van der Waals surface area contributed by atoms with Crippen LogP contribution in [0.15, 0.2) is 6.20 Å². The van der Waals surface area contributed by atoms with Gasteiger partial charge in [-0.25, -0.2) is 4.79 Å². The summed E-state index contributed by atoms with van der Waals surface area (Å²) in [6, 6.07) is 0.766. The van der Waals surface area contributed by atoms with Gasteiger partial charge in [0.1, 0.15) is 5.60 Å². The standard InChI is InChI=1S/C25H41N5O3/c1-25(2,3)33-24(32)29-13-10-19(11-14-29)22-21(16-27-28(22)4)23(31)26-15-18-9-12-30(17-18)20-7-5-6-8-20/h16,18-20H,5-15,17H2,1-4H3,(H,26,31). The Bertz CT molecular complexity index is 832. The number of rotatable bonds is 5. The van der Waals surface area contributed by atoms with E-state index in [0.717, 1.165) is 37.7 Å². The van der Waals surface area contributed by atoms with Crippen molar-refractivity contribution in [1.29, 1.82) is 0 Å². The molecular formula is C25H41N5O3. The maximum absolute atomic E-state index is 13.1. The van der Waals surface area contributed by atoms with Crippen molar-refractivity contribution in [2.24, 2.45) is 13.0 Å². The smallest absolute Gasteiger partial charge is 0.410 e. The zero-order valence-electron chi connectivity index (χ0n) is 20.8. The molecule has 0 radical (unpaired) electrons. The highest BCUT2D eigenvalue weighted by molar-refractivity contribution is 5.95. The van der Waals surface area contributed by atoms with E-state index in [9.17, 15) is 9.59 Å². The molecule has 1 aromatic rings. The lowest BCUT2D eigenvalue weighted by molar-refractivity contribution is 0.0203. The summed E-state index contributed by atoms with van der Waals surface area (Å²) in [6.45, 7) is 9.92. The Morgan fingerprint density at radius 2 is 1.79 bits per heavy atom. The lowest BCUT2D eigenvalue weighted by Gasteiger charge is -2.33. The second kappa shape index (κ2) is 10.0. The Kier molecular flexibility index (Phi) is 7.31. The molecule has 2 amide bonds. The lowest BCUT2D eigenvalue weighted by atomic mass is 9.91. The van der Waals surface area contributed by atoms with Crippen LogP contribution in [0.2, 0.25) is 0 Å². The minimum absolute atomic E-state index is 0.0213. The zero-order chi connectivity index (χ0) is 23.6. The highest BCUT2D eigenvalue weighted by Crippen LogP contribution is 2.31. The predicted molar refractivity (Wildman–Crippen MR) is 127 cm³/mol. The van der Waals surface area contributed by atoms with Crippen molar-refractivity contribution in [2.45, 2.75) is 83.3 Å². The number of aryl methyl sites for hydroxylation is 1. The van der Waals surface area contributed by atoms with Gasteiger partial charge >= 0.3 is 6.09 Å². The van der Waals surface area contributed by atoms with E-state index in [2.05, 4.69) is 15.3 Å². The quantitative estimate of drug-likeness (QED) is 0.729. The van der Waals surface area contributed by atoms with Gasteiger partial charge in [0.15, 0.2) is 0 Å². The molecule has 1 aromatic heterocycles. The summed E-state index contributed by atoms with van der Waals surface area (Å²) in [6.07, 6.45) is 9.62. The van der Waals surface area contributed by atoms with Crippen LogP contribution >= 0.6 is 0 Å². The molecule has 1 N–H and O–H groups in total. The van der Waals surface area contributed by atoms with E-state index in [4.69, 9.17) is 4.74 Å². The highest BCUT2D eigenvalue weighted by atomic mass is 16.6. The van der Waals surface area contributed by atoms with Crippen molar-refractivity contribution in [1.82, 2.24) is 24.9 Å². The summed E-state index contributed by atoms with van der Waals surface area (Å²) < 4.78 is 7.34. The van der Waals surface area contributed by atoms with Gasteiger partial charge in [-0.2, -0.15) is 5.10 Å². The van der Waals surface area contributed by atoms with Gasteiger partial charge in [-0.05, 0) is 65.3 Å². The van der Waals surface area contributed by atoms with Gasteiger partial charge in [0, 0.05) is 45.2 Å². The Hall–Kier alpha value is -2.09. The molecule has 1 aliphatic carbocycles. The predicted octanol–water partition coefficient (Wildman–Crippen LogP) is 3.53. The molecule has 3 fully saturated rings. The van der Waals surface area contributed by atoms with Gasteiger partial charge < -0.3 is 19.9 Å². The van der Waals surface area contributed by atoms with E-state index in [0.29, 0.717) is 24.6 Å². The Labute approximate surface area is 198 Å². The van der Waals surface area contributed by atoms with Crippen LogP contribution in [0.25, 0.3) is 0 Å². The maximum Gasteiger partial charge on any atom is 0.410 e. The summed E-state index contributed by atoms with van der Waals surface area (Å²) in [5.74, 6) is 0.722. The van der Waals surface area contributed by atoms with Crippen LogP contribution in [0.3, 0.4) is 0 Å². The van der Waals surface area contributed by atoms with Crippen molar-refractivity contribution in [3.8, 4) is 0 Å². The molecule has 0 bridgehead atoms. The van der Waals surface area contributed by atoms with Crippen LogP contribution in [0.5, 0.6) is 0 Å². The number of hydrogen-bond donors (Lipinski definition) is 1. The summed E-state index contributed by atoms with van der Waals surface area (Å²) >= 11 is 0. The topological polar surface area (TPSA) is 79.7 Å². The van der Waals surface area contributed by atoms with E-state index < -0.39 is 5.60 Å². The minimum atomic E-state index is -0.491. The number of ether oxygens (including phenoxy) is 1. The van der Waals surface area contributed by atoms with Crippen LogP contribution in [0.4, 0.5) is 4.79 Å². The monoisotopic (exact) mass is 459 g/mol. The first-order chi connectivity index (χ1) is 15.7. The van der Waals surface area contributed by atoms with E-state index in [1.165, 1.54) is 38.6 Å². The average molecular weight is 460 g/mol. The number of likely N-dealkylation sites (tertiary alicyclic amines) is 2. The van der Waals surface area contributed by atoms with Gasteiger partial charge in [-0.1, -0.05) is 12.8 Å². The molecule has 8 nitrogen and oxygen atoms in total. The fourth-order valence-corrected chi connectivity index (χ4v) is 5.73. The number of piperidine rings is 1.